The van der Waals surface area contributed by atoms with Gasteiger partial charge in [-0.15, -0.1) is 22.0 Å². The van der Waals surface area contributed by atoms with Gasteiger partial charge in [-0.1, -0.05) is 22.9 Å². The predicted molar refractivity (Wildman–Crippen MR) is 79.9 cm³/mol. The van der Waals surface area contributed by atoms with Gasteiger partial charge in [0.15, 0.2) is 0 Å². The first-order chi connectivity index (χ1) is 9.19. The molecule has 0 radical (unpaired) electrons. The van der Waals surface area contributed by atoms with Gasteiger partial charge in [-0.2, -0.15) is 0 Å². The molecule has 0 amide bonds. The molecule has 4 nitrogen and oxygen atoms in total. The lowest BCUT2D eigenvalue weighted by atomic mass is 10.2. The first kappa shape index (κ1) is 14.6. The fourth-order valence-electron chi connectivity index (χ4n) is 1.50. The van der Waals surface area contributed by atoms with Gasteiger partial charge >= 0.3 is 0 Å². The average molecular weight is 343 g/mol. The van der Waals surface area contributed by atoms with Gasteiger partial charge in [0.1, 0.15) is 0 Å². The van der Waals surface area contributed by atoms with Crippen molar-refractivity contribution >= 4 is 27.7 Å². The van der Waals surface area contributed by atoms with E-state index in [9.17, 15) is 0 Å². The second-order valence-corrected chi connectivity index (χ2v) is 6.48. The van der Waals surface area contributed by atoms with E-state index in [4.69, 9.17) is 9.52 Å². The minimum atomic E-state index is 0.210. The van der Waals surface area contributed by atoms with Crippen LogP contribution < -0.4 is 0 Å². The van der Waals surface area contributed by atoms with Crippen molar-refractivity contribution in [3.05, 3.63) is 34.6 Å². The minimum absolute atomic E-state index is 0.210. The molecule has 1 unspecified atom stereocenters. The number of thioether (sulfide) groups is 1. The third-order valence-corrected chi connectivity index (χ3v) is 4.33. The van der Waals surface area contributed by atoms with E-state index in [-0.39, 0.29) is 6.61 Å². The molecule has 0 fully saturated rings. The Morgan fingerprint density at radius 2 is 2.05 bits per heavy atom. The van der Waals surface area contributed by atoms with Gasteiger partial charge < -0.3 is 9.52 Å². The Labute approximate surface area is 124 Å². The normalized spacial score (nSPS) is 12.6. The van der Waals surface area contributed by atoms with E-state index in [1.807, 2.05) is 24.3 Å². The van der Waals surface area contributed by atoms with E-state index in [0.29, 0.717) is 22.8 Å². The van der Waals surface area contributed by atoms with E-state index < -0.39 is 0 Å². The highest BCUT2D eigenvalue weighted by molar-refractivity contribution is 9.10. The summed E-state index contributed by atoms with van der Waals surface area (Å²) in [5.41, 5.74) is 0.912. The maximum absolute atomic E-state index is 8.84. The largest absolute Gasteiger partial charge is 0.420 e. The highest BCUT2D eigenvalue weighted by Crippen LogP contribution is 2.23. The molecule has 0 spiro atoms. The molecular formula is C13H15BrN2O2S. The molecule has 1 heterocycles. The number of aliphatic hydroxyl groups is 1. The smallest absolute Gasteiger partial charge is 0.247 e. The van der Waals surface area contributed by atoms with Crippen LogP contribution >= 0.6 is 27.7 Å². The molecule has 0 saturated carbocycles. The molecule has 0 saturated heterocycles. The second-order valence-electron chi connectivity index (χ2n) is 4.14. The van der Waals surface area contributed by atoms with Gasteiger partial charge in [0, 0.05) is 21.9 Å². The molecule has 0 aliphatic heterocycles. The van der Waals surface area contributed by atoms with Crippen molar-refractivity contribution < 1.29 is 9.52 Å². The molecule has 1 aromatic heterocycles. The van der Waals surface area contributed by atoms with Crippen LogP contribution in [0.25, 0.3) is 11.5 Å². The zero-order valence-corrected chi connectivity index (χ0v) is 12.9. The number of halogens is 1. The molecule has 6 heteroatoms. The van der Waals surface area contributed by atoms with Crippen molar-refractivity contribution in [2.75, 3.05) is 6.61 Å². The number of aromatic nitrogens is 2. The van der Waals surface area contributed by atoms with E-state index in [1.54, 1.807) is 11.8 Å². The van der Waals surface area contributed by atoms with Gasteiger partial charge in [0.2, 0.25) is 11.8 Å². The molecule has 1 atom stereocenters. The van der Waals surface area contributed by atoms with Crippen LogP contribution in [0.5, 0.6) is 0 Å². The lowest BCUT2D eigenvalue weighted by Crippen LogP contribution is -1.99. The third-order valence-electron chi connectivity index (χ3n) is 2.58. The Hall–Kier alpha value is -0.850. The zero-order valence-electron chi connectivity index (χ0n) is 10.5. The minimum Gasteiger partial charge on any atom is -0.420 e. The summed E-state index contributed by atoms with van der Waals surface area (Å²) in [4.78, 5) is 0. The SMILES string of the molecule is CC(CCO)SCc1nnc(-c2ccc(Br)cc2)o1. The van der Waals surface area contributed by atoms with Gasteiger partial charge in [-0.25, -0.2) is 0 Å². The number of hydrogen-bond acceptors (Lipinski definition) is 5. The summed E-state index contributed by atoms with van der Waals surface area (Å²) >= 11 is 5.09. The fraction of sp³-hybridized carbons (Fsp3) is 0.385. The van der Waals surface area contributed by atoms with Crippen molar-refractivity contribution in [1.82, 2.24) is 10.2 Å². The summed E-state index contributed by atoms with van der Waals surface area (Å²) < 4.78 is 6.64. The number of nitrogens with zero attached hydrogens (tertiary/aromatic N) is 2. The predicted octanol–water partition coefficient (Wildman–Crippen LogP) is 3.50. The number of hydrogen-bond donors (Lipinski definition) is 1. The molecule has 102 valence electrons. The van der Waals surface area contributed by atoms with E-state index >= 15 is 0 Å². The summed E-state index contributed by atoms with van der Waals surface area (Å²) in [6.07, 6.45) is 0.776. The van der Waals surface area contributed by atoms with Gasteiger partial charge in [0.25, 0.3) is 0 Å². The van der Waals surface area contributed by atoms with Gasteiger partial charge in [0.05, 0.1) is 5.75 Å². The highest BCUT2D eigenvalue weighted by Gasteiger charge is 2.10. The molecule has 2 rings (SSSR count). The summed E-state index contributed by atoms with van der Waals surface area (Å²) in [5.74, 6) is 1.83. The molecule has 0 aliphatic carbocycles. The van der Waals surface area contributed by atoms with E-state index in [2.05, 4.69) is 33.1 Å². The molecule has 1 N–H and O–H groups in total. The van der Waals surface area contributed by atoms with E-state index in [0.717, 1.165) is 16.5 Å². The van der Waals surface area contributed by atoms with Gasteiger partial charge in [-0.3, -0.25) is 0 Å². The number of benzene rings is 1. The van der Waals surface area contributed by atoms with Crippen LogP contribution in [0.1, 0.15) is 19.2 Å². The number of rotatable bonds is 6. The van der Waals surface area contributed by atoms with Crippen LogP contribution in [-0.4, -0.2) is 27.2 Å². The molecule has 19 heavy (non-hydrogen) atoms. The number of aliphatic hydroxyl groups excluding tert-OH is 1. The monoisotopic (exact) mass is 342 g/mol. The Kier molecular flexibility index (Phi) is 5.42. The Morgan fingerprint density at radius 1 is 1.32 bits per heavy atom. The van der Waals surface area contributed by atoms with Crippen LogP contribution in [0.15, 0.2) is 33.2 Å². The summed E-state index contributed by atoms with van der Waals surface area (Å²) in [5, 5.41) is 17.3. The molecule has 0 bridgehead atoms. The maximum Gasteiger partial charge on any atom is 0.247 e. The van der Waals surface area contributed by atoms with Crippen LogP contribution in [0.4, 0.5) is 0 Å². The second kappa shape index (κ2) is 7.07. The quantitative estimate of drug-likeness (QED) is 0.870. The van der Waals surface area contributed by atoms with Crippen molar-refractivity contribution in [2.24, 2.45) is 0 Å². The Morgan fingerprint density at radius 3 is 2.74 bits per heavy atom. The zero-order chi connectivity index (χ0) is 13.7. The molecule has 1 aromatic carbocycles. The molecular weight excluding hydrogens is 328 g/mol. The molecule has 0 aliphatic rings. The lowest BCUT2D eigenvalue weighted by molar-refractivity contribution is 0.289. The Balaban J connectivity index is 1.97. The van der Waals surface area contributed by atoms with Crippen molar-refractivity contribution in [3.63, 3.8) is 0 Å². The van der Waals surface area contributed by atoms with E-state index in [1.165, 1.54) is 0 Å². The van der Waals surface area contributed by atoms with Gasteiger partial charge in [-0.05, 0) is 30.7 Å². The van der Waals surface area contributed by atoms with Crippen molar-refractivity contribution in [2.45, 2.75) is 24.3 Å². The van der Waals surface area contributed by atoms with Crippen molar-refractivity contribution in [1.29, 1.82) is 0 Å². The van der Waals surface area contributed by atoms with Crippen LogP contribution in [0.2, 0.25) is 0 Å². The van der Waals surface area contributed by atoms with Crippen LogP contribution in [-0.2, 0) is 5.75 Å². The third kappa shape index (κ3) is 4.33. The summed E-state index contributed by atoms with van der Waals surface area (Å²) in [7, 11) is 0. The van der Waals surface area contributed by atoms with Crippen LogP contribution in [0.3, 0.4) is 0 Å². The summed E-state index contributed by atoms with van der Waals surface area (Å²) in [6.45, 7) is 2.29. The summed E-state index contributed by atoms with van der Waals surface area (Å²) in [6, 6.07) is 7.75. The topological polar surface area (TPSA) is 59.2 Å². The Bertz CT molecular complexity index is 516. The fourth-order valence-corrected chi connectivity index (χ4v) is 2.58. The lowest BCUT2D eigenvalue weighted by Gasteiger charge is -2.06. The highest BCUT2D eigenvalue weighted by atomic mass is 79.9. The first-order valence-electron chi connectivity index (χ1n) is 6.00. The maximum atomic E-state index is 8.84. The average Bonchev–Trinajstić information content (AvgIpc) is 2.86. The van der Waals surface area contributed by atoms with Crippen LogP contribution in [0, 0.1) is 0 Å². The first-order valence-corrected chi connectivity index (χ1v) is 7.84. The van der Waals surface area contributed by atoms with Crippen molar-refractivity contribution in [3.8, 4) is 11.5 Å². The molecule has 2 aromatic rings. The standard InChI is InChI=1S/C13H15BrN2O2S/c1-9(6-7-17)19-8-12-15-16-13(18-12)10-2-4-11(14)5-3-10/h2-5,9,17H,6-8H2,1H3.